The lowest BCUT2D eigenvalue weighted by Gasteiger charge is -1.96. The van der Waals surface area contributed by atoms with Crippen molar-refractivity contribution in [3.63, 3.8) is 0 Å². The third-order valence-corrected chi connectivity index (χ3v) is 2.76. The number of benzene rings is 1. The van der Waals surface area contributed by atoms with Gasteiger partial charge in [-0.25, -0.2) is 0 Å². The summed E-state index contributed by atoms with van der Waals surface area (Å²) < 4.78 is 4.55. The van der Waals surface area contributed by atoms with E-state index in [9.17, 15) is 0 Å². The van der Waals surface area contributed by atoms with Crippen LogP contribution in [0, 0.1) is 0 Å². The molecule has 0 saturated carbocycles. The maximum atomic E-state index is 2.37. The molecular formula is C12H16N2+2. The van der Waals surface area contributed by atoms with E-state index in [-0.39, 0.29) is 0 Å². The average Bonchev–Trinajstić information content (AvgIpc) is 2.52. The predicted molar refractivity (Wildman–Crippen MR) is 58.2 cm³/mol. The molecule has 0 unspecified atom stereocenters. The molecule has 2 heteroatoms. The van der Waals surface area contributed by atoms with Crippen molar-refractivity contribution in [1.82, 2.24) is 0 Å². The fraction of sp³-hybridized carbons (Fsp3) is 0.333. The summed E-state index contributed by atoms with van der Waals surface area (Å²) in [4.78, 5) is 0. The van der Waals surface area contributed by atoms with Crippen molar-refractivity contribution in [2.75, 3.05) is 13.6 Å². The SMILES string of the molecule is CC1=[N+](Cc2ccccc2)CC=[N+]1C. The van der Waals surface area contributed by atoms with Crippen molar-refractivity contribution >= 4 is 12.1 Å². The molecule has 1 aliphatic rings. The zero-order valence-electron chi connectivity index (χ0n) is 8.77. The molecule has 0 spiro atoms. The Balaban J connectivity index is 2.15. The van der Waals surface area contributed by atoms with E-state index in [2.05, 4.69) is 59.7 Å². The lowest BCUT2D eigenvalue weighted by molar-refractivity contribution is -0.554. The maximum Gasteiger partial charge on any atom is 0.409 e. The van der Waals surface area contributed by atoms with Gasteiger partial charge in [-0.05, 0) is 0 Å². The van der Waals surface area contributed by atoms with E-state index < -0.39 is 0 Å². The molecule has 14 heavy (non-hydrogen) atoms. The number of amidine groups is 1. The second kappa shape index (κ2) is 3.74. The molecule has 0 amide bonds. The van der Waals surface area contributed by atoms with Crippen LogP contribution >= 0.6 is 0 Å². The van der Waals surface area contributed by atoms with Crippen LogP contribution in [0.4, 0.5) is 0 Å². The summed E-state index contributed by atoms with van der Waals surface area (Å²) in [6.07, 6.45) is 2.21. The van der Waals surface area contributed by atoms with Crippen LogP contribution in [0.1, 0.15) is 12.5 Å². The average molecular weight is 188 g/mol. The Morgan fingerprint density at radius 2 is 1.93 bits per heavy atom. The van der Waals surface area contributed by atoms with Crippen LogP contribution in [0.5, 0.6) is 0 Å². The minimum atomic E-state index is 1.01. The fourth-order valence-electron chi connectivity index (χ4n) is 1.69. The third-order valence-electron chi connectivity index (χ3n) is 2.76. The number of hydrogen-bond acceptors (Lipinski definition) is 0. The summed E-state index contributed by atoms with van der Waals surface area (Å²) in [6, 6.07) is 10.6. The van der Waals surface area contributed by atoms with Crippen LogP contribution in [-0.4, -0.2) is 34.8 Å². The minimum absolute atomic E-state index is 1.01. The summed E-state index contributed by atoms with van der Waals surface area (Å²) in [5.74, 6) is 1.33. The second-order valence-corrected chi connectivity index (χ2v) is 3.71. The van der Waals surface area contributed by atoms with Gasteiger partial charge in [-0.2, -0.15) is 4.58 Å². The zero-order valence-corrected chi connectivity index (χ0v) is 8.77. The molecule has 1 heterocycles. The highest BCUT2D eigenvalue weighted by atomic mass is 15.2. The molecule has 72 valence electrons. The Morgan fingerprint density at radius 3 is 2.50 bits per heavy atom. The Kier molecular flexibility index (Phi) is 2.44. The van der Waals surface area contributed by atoms with Crippen LogP contribution in [0.25, 0.3) is 0 Å². The number of hydrogen-bond donors (Lipinski definition) is 0. The molecule has 0 radical (unpaired) electrons. The maximum absolute atomic E-state index is 2.37. The second-order valence-electron chi connectivity index (χ2n) is 3.71. The van der Waals surface area contributed by atoms with Gasteiger partial charge < -0.3 is 0 Å². The lowest BCUT2D eigenvalue weighted by Crippen LogP contribution is -2.18. The van der Waals surface area contributed by atoms with Crippen LogP contribution in [0.3, 0.4) is 0 Å². The van der Waals surface area contributed by atoms with E-state index in [4.69, 9.17) is 0 Å². The molecular weight excluding hydrogens is 172 g/mol. The van der Waals surface area contributed by atoms with Crippen LogP contribution in [0.15, 0.2) is 30.3 Å². The molecule has 1 aromatic rings. The van der Waals surface area contributed by atoms with Gasteiger partial charge in [0.25, 0.3) is 0 Å². The van der Waals surface area contributed by atoms with Crippen molar-refractivity contribution < 1.29 is 9.15 Å². The molecule has 2 nitrogen and oxygen atoms in total. The summed E-state index contributed by atoms with van der Waals surface area (Å²) >= 11 is 0. The van der Waals surface area contributed by atoms with Gasteiger partial charge in [0.05, 0.1) is 6.92 Å². The predicted octanol–water partition coefficient (Wildman–Crippen LogP) is 1.34. The minimum Gasteiger partial charge on any atom is -0.165 e. The van der Waals surface area contributed by atoms with Gasteiger partial charge in [-0.1, -0.05) is 30.3 Å². The number of nitrogens with zero attached hydrogens (tertiary/aromatic N) is 2. The summed E-state index contributed by atoms with van der Waals surface area (Å²) in [6.45, 7) is 4.19. The molecule has 0 aliphatic carbocycles. The molecule has 0 bridgehead atoms. The lowest BCUT2D eigenvalue weighted by atomic mass is 10.2. The van der Waals surface area contributed by atoms with E-state index >= 15 is 0 Å². The van der Waals surface area contributed by atoms with Crippen LogP contribution < -0.4 is 0 Å². The van der Waals surface area contributed by atoms with Crippen LogP contribution in [-0.2, 0) is 6.54 Å². The van der Waals surface area contributed by atoms with E-state index in [1.54, 1.807) is 0 Å². The third kappa shape index (κ3) is 1.74. The Labute approximate surface area is 84.8 Å². The molecule has 0 saturated heterocycles. The van der Waals surface area contributed by atoms with Gasteiger partial charge >= 0.3 is 5.84 Å². The van der Waals surface area contributed by atoms with E-state index in [0.717, 1.165) is 13.1 Å². The fourth-order valence-corrected chi connectivity index (χ4v) is 1.69. The van der Waals surface area contributed by atoms with Gasteiger partial charge in [-0.15, -0.1) is 4.58 Å². The first-order chi connectivity index (χ1) is 6.77. The smallest absolute Gasteiger partial charge is 0.165 e. The highest BCUT2D eigenvalue weighted by Gasteiger charge is 2.24. The van der Waals surface area contributed by atoms with Crippen molar-refractivity contribution in [2.45, 2.75) is 13.5 Å². The highest BCUT2D eigenvalue weighted by molar-refractivity contribution is 5.74. The molecule has 0 fully saturated rings. The van der Waals surface area contributed by atoms with Crippen molar-refractivity contribution in [2.24, 2.45) is 0 Å². The van der Waals surface area contributed by atoms with Crippen molar-refractivity contribution in [3.8, 4) is 0 Å². The quantitative estimate of drug-likeness (QED) is 0.618. The monoisotopic (exact) mass is 188 g/mol. The summed E-state index contributed by atoms with van der Waals surface area (Å²) in [5.41, 5.74) is 1.37. The Morgan fingerprint density at radius 1 is 1.21 bits per heavy atom. The van der Waals surface area contributed by atoms with Gasteiger partial charge in [0.1, 0.15) is 7.05 Å². The topological polar surface area (TPSA) is 6.02 Å². The normalized spacial score (nSPS) is 16.0. The molecule has 1 aliphatic heterocycles. The standard InChI is InChI=1S/C12H16N2/c1-11-13(2)8-9-14(11)10-12-6-4-3-5-7-12/h3-8H,9-10H2,1-2H3/q+2. The first-order valence-electron chi connectivity index (χ1n) is 4.96. The molecule has 0 N–H and O–H groups in total. The van der Waals surface area contributed by atoms with Gasteiger partial charge in [0, 0.05) is 5.56 Å². The van der Waals surface area contributed by atoms with Gasteiger partial charge in [0.15, 0.2) is 6.54 Å². The largest absolute Gasteiger partial charge is 0.409 e. The van der Waals surface area contributed by atoms with Crippen LogP contribution in [0.2, 0.25) is 0 Å². The molecule has 0 atom stereocenters. The summed E-state index contributed by atoms with van der Waals surface area (Å²) in [5, 5.41) is 0. The number of rotatable bonds is 2. The first kappa shape index (κ1) is 9.13. The van der Waals surface area contributed by atoms with Gasteiger partial charge in [-0.3, -0.25) is 0 Å². The van der Waals surface area contributed by atoms with Crippen molar-refractivity contribution in [1.29, 1.82) is 0 Å². The van der Waals surface area contributed by atoms with E-state index in [1.165, 1.54) is 11.4 Å². The highest BCUT2D eigenvalue weighted by Crippen LogP contribution is 2.02. The van der Waals surface area contributed by atoms with E-state index in [1.807, 2.05) is 0 Å². The molecule has 2 rings (SSSR count). The van der Waals surface area contributed by atoms with Crippen molar-refractivity contribution in [3.05, 3.63) is 35.9 Å². The first-order valence-corrected chi connectivity index (χ1v) is 4.96. The zero-order chi connectivity index (χ0) is 9.97. The van der Waals surface area contributed by atoms with E-state index in [0.29, 0.717) is 0 Å². The summed E-state index contributed by atoms with van der Waals surface area (Å²) in [7, 11) is 2.10. The molecule has 0 aromatic heterocycles. The Hall–Kier alpha value is -1.44. The Bertz CT molecular complexity index is 388. The molecule has 1 aromatic carbocycles. The van der Waals surface area contributed by atoms with Gasteiger partial charge in [0.2, 0.25) is 12.8 Å².